The first-order valence-corrected chi connectivity index (χ1v) is 6.94. The summed E-state index contributed by atoms with van der Waals surface area (Å²) < 4.78 is 0. The van der Waals surface area contributed by atoms with E-state index in [-0.39, 0.29) is 0 Å². The number of nitrogen functional groups attached to an aromatic ring is 1. The zero-order chi connectivity index (χ0) is 11.5. The van der Waals surface area contributed by atoms with Crippen LogP contribution < -0.4 is 11.1 Å². The fraction of sp³-hybridized carbons (Fsp3) is 0.600. The topological polar surface area (TPSA) is 63.8 Å². The molecular formula is C10H15ClN4S. The van der Waals surface area contributed by atoms with Crippen LogP contribution in [0.1, 0.15) is 19.3 Å². The predicted molar refractivity (Wildman–Crippen MR) is 70.0 cm³/mol. The van der Waals surface area contributed by atoms with Crippen LogP contribution in [0.4, 0.5) is 11.5 Å². The lowest BCUT2D eigenvalue weighted by molar-refractivity contribution is 0.763. The number of nitrogens with one attached hydrogen (secondary N) is 1. The maximum absolute atomic E-state index is 5.85. The maximum atomic E-state index is 5.85. The molecule has 2 rings (SSSR count). The molecule has 1 heterocycles. The Morgan fingerprint density at radius 1 is 1.50 bits per heavy atom. The normalized spacial score (nSPS) is 24.6. The molecule has 2 unspecified atom stereocenters. The molecule has 16 heavy (non-hydrogen) atoms. The van der Waals surface area contributed by atoms with E-state index in [9.17, 15) is 0 Å². The van der Waals surface area contributed by atoms with Crippen molar-refractivity contribution in [2.75, 3.05) is 17.3 Å². The third-order valence-electron chi connectivity index (χ3n) is 2.91. The lowest BCUT2D eigenvalue weighted by Gasteiger charge is -2.20. The summed E-state index contributed by atoms with van der Waals surface area (Å²) >= 11 is 7.74. The van der Waals surface area contributed by atoms with Crippen LogP contribution in [0.15, 0.2) is 6.33 Å². The molecule has 1 aromatic rings. The molecule has 0 aromatic carbocycles. The van der Waals surface area contributed by atoms with Crippen molar-refractivity contribution in [3.63, 3.8) is 0 Å². The Morgan fingerprint density at radius 2 is 2.31 bits per heavy atom. The number of thioether (sulfide) groups is 1. The van der Waals surface area contributed by atoms with Gasteiger partial charge in [0.25, 0.3) is 0 Å². The van der Waals surface area contributed by atoms with E-state index in [0.717, 1.165) is 6.42 Å². The number of nitrogens with two attached hydrogens (primary N) is 1. The summed E-state index contributed by atoms with van der Waals surface area (Å²) in [6, 6.07) is 0.434. The third-order valence-corrected chi connectivity index (χ3v) is 4.38. The standard InChI is InChI=1S/C10H15ClN4S/c1-16-7-4-2-3-6(7)15-10-8(12)9(11)13-5-14-10/h5-7H,2-4,12H2,1H3,(H,13,14,15). The minimum atomic E-state index is 0.316. The zero-order valence-corrected chi connectivity index (χ0v) is 10.7. The van der Waals surface area contributed by atoms with E-state index < -0.39 is 0 Å². The second kappa shape index (κ2) is 5.10. The summed E-state index contributed by atoms with van der Waals surface area (Å²) in [5, 5.41) is 4.32. The molecule has 2 atom stereocenters. The van der Waals surface area contributed by atoms with E-state index >= 15 is 0 Å². The molecular weight excluding hydrogens is 244 g/mol. The predicted octanol–water partition coefficient (Wildman–Crippen LogP) is 2.41. The summed E-state index contributed by atoms with van der Waals surface area (Å²) in [5.41, 5.74) is 6.26. The zero-order valence-electron chi connectivity index (χ0n) is 9.11. The van der Waals surface area contributed by atoms with E-state index in [1.165, 1.54) is 19.2 Å². The Kier molecular flexibility index (Phi) is 3.76. The summed E-state index contributed by atoms with van der Waals surface area (Å²) in [6.45, 7) is 0. The molecule has 0 spiro atoms. The fourth-order valence-electron chi connectivity index (χ4n) is 2.04. The van der Waals surface area contributed by atoms with Crippen LogP contribution in [-0.4, -0.2) is 27.5 Å². The third kappa shape index (κ3) is 2.35. The van der Waals surface area contributed by atoms with Gasteiger partial charge in [-0.3, -0.25) is 0 Å². The van der Waals surface area contributed by atoms with Gasteiger partial charge in [-0.1, -0.05) is 18.0 Å². The Morgan fingerprint density at radius 3 is 3.06 bits per heavy atom. The van der Waals surface area contributed by atoms with Gasteiger partial charge in [0.05, 0.1) is 0 Å². The van der Waals surface area contributed by atoms with Gasteiger partial charge in [0, 0.05) is 11.3 Å². The summed E-state index contributed by atoms with van der Waals surface area (Å²) in [4.78, 5) is 7.97. The van der Waals surface area contributed by atoms with Crippen LogP contribution in [0.5, 0.6) is 0 Å². The van der Waals surface area contributed by atoms with Crippen molar-refractivity contribution < 1.29 is 0 Å². The maximum Gasteiger partial charge on any atom is 0.157 e. The molecule has 1 fully saturated rings. The number of aromatic nitrogens is 2. The number of nitrogens with zero attached hydrogens (tertiary/aromatic N) is 2. The van der Waals surface area contributed by atoms with E-state index in [0.29, 0.717) is 28.0 Å². The van der Waals surface area contributed by atoms with Gasteiger partial charge in [-0.15, -0.1) is 0 Å². The number of anilines is 2. The number of halogens is 1. The van der Waals surface area contributed by atoms with Crippen molar-refractivity contribution in [1.29, 1.82) is 0 Å². The Labute approximate surface area is 104 Å². The van der Waals surface area contributed by atoms with Crippen molar-refractivity contribution in [2.45, 2.75) is 30.6 Å². The molecule has 88 valence electrons. The highest BCUT2D eigenvalue weighted by atomic mass is 35.5. The van der Waals surface area contributed by atoms with Gasteiger partial charge in [0.1, 0.15) is 12.0 Å². The molecule has 1 aliphatic rings. The molecule has 1 saturated carbocycles. The van der Waals surface area contributed by atoms with Crippen molar-refractivity contribution in [1.82, 2.24) is 9.97 Å². The molecule has 0 aliphatic heterocycles. The van der Waals surface area contributed by atoms with Gasteiger partial charge in [-0.25, -0.2) is 9.97 Å². The number of rotatable bonds is 3. The van der Waals surface area contributed by atoms with Crippen LogP contribution in [-0.2, 0) is 0 Å². The van der Waals surface area contributed by atoms with Gasteiger partial charge in [-0.2, -0.15) is 11.8 Å². The molecule has 0 radical (unpaired) electrons. The number of hydrogen-bond donors (Lipinski definition) is 2. The molecule has 0 saturated heterocycles. The van der Waals surface area contributed by atoms with E-state index in [1.54, 1.807) is 0 Å². The fourth-order valence-corrected chi connectivity index (χ4v) is 3.11. The molecule has 1 aromatic heterocycles. The average molecular weight is 259 g/mol. The van der Waals surface area contributed by atoms with Gasteiger partial charge in [0.15, 0.2) is 11.0 Å². The van der Waals surface area contributed by atoms with Crippen molar-refractivity contribution >= 4 is 34.9 Å². The highest BCUT2D eigenvalue weighted by molar-refractivity contribution is 7.99. The minimum absolute atomic E-state index is 0.316. The second-order valence-corrected chi connectivity index (χ2v) is 5.32. The monoisotopic (exact) mass is 258 g/mol. The summed E-state index contributed by atoms with van der Waals surface area (Å²) in [5.74, 6) is 0.658. The first-order valence-electron chi connectivity index (χ1n) is 5.27. The van der Waals surface area contributed by atoms with Gasteiger partial charge < -0.3 is 11.1 Å². The Hall–Kier alpha value is -0.680. The van der Waals surface area contributed by atoms with Crippen LogP contribution in [0.25, 0.3) is 0 Å². The first-order chi connectivity index (χ1) is 7.72. The molecule has 4 nitrogen and oxygen atoms in total. The van der Waals surface area contributed by atoms with Crippen LogP contribution in [0, 0.1) is 0 Å². The lowest BCUT2D eigenvalue weighted by atomic mass is 10.2. The summed E-state index contributed by atoms with van der Waals surface area (Å²) in [7, 11) is 0. The van der Waals surface area contributed by atoms with Gasteiger partial charge >= 0.3 is 0 Å². The molecule has 3 N–H and O–H groups in total. The van der Waals surface area contributed by atoms with Crippen LogP contribution in [0.2, 0.25) is 5.15 Å². The van der Waals surface area contributed by atoms with Crippen molar-refractivity contribution in [2.24, 2.45) is 0 Å². The highest BCUT2D eigenvalue weighted by Crippen LogP contribution is 2.32. The Bertz CT molecular complexity index is 374. The largest absolute Gasteiger partial charge is 0.393 e. The molecule has 1 aliphatic carbocycles. The SMILES string of the molecule is CSC1CCCC1Nc1ncnc(Cl)c1N. The average Bonchev–Trinajstić information content (AvgIpc) is 2.72. The van der Waals surface area contributed by atoms with E-state index in [1.807, 2.05) is 11.8 Å². The van der Waals surface area contributed by atoms with Crippen molar-refractivity contribution in [3.05, 3.63) is 11.5 Å². The Balaban J connectivity index is 2.11. The van der Waals surface area contributed by atoms with E-state index in [2.05, 4.69) is 21.5 Å². The first kappa shape index (κ1) is 11.8. The molecule has 0 bridgehead atoms. The minimum Gasteiger partial charge on any atom is -0.393 e. The van der Waals surface area contributed by atoms with Gasteiger partial charge in [-0.05, 0) is 19.1 Å². The van der Waals surface area contributed by atoms with Crippen LogP contribution in [0.3, 0.4) is 0 Å². The second-order valence-electron chi connectivity index (χ2n) is 3.88. The van der Waals surface area contributed by atoms with E-state index in [4.69, 9.17) is 17.3 Å². The molecule has 6 heteroatoms. The van der Waals surface area contributed by atoms with Crippen molar-refractivity contribution in [3.8, 4) is 0 Å². The van der Waals surface area contributed by atoms with Gasteiger partial charge in [0.2, 0.25) is 0 Å². The quantitative estimate of drug-likeness (QED) is 0.816. The molecule has 0 amide bonds. The smallest absolute Gasteiger partial charge is 0.157 e. The number of hydrogen-bond acceptors (Lipinski definition) is 5. The highest BCUT2D eigenvalue weighted by Gasteiger charge is 2.27. The summed E-state index contributed by atoms with van der Waals surface area (Å²) in [6.07, 6.45) is 7.23. The van der Waals surface area contributed by atoms with Crippen LogP contribution >= 0.6 is 23.4 Å². The lowest BCUT2D eigenvalue weighted by Crippen LogP contribution is -2.26.